The summed E-state index contributed by atoms with van der Waals surface area (Å²) in [7, 11) is 1.12. The Labute approximate surface area is 84.0 Å². The zero-order chi connectivity index (χ0) is 10.6. The minimum absolute atomic E-state index is 0.190. The number of rotatable bonds is 4. The maximum Gasteiger partial charge on any atom is 0.169 e. The first-order valence-electron chi connectivity index (χ1n) is 4.04. The van der Waals surface area contributed by atoms with Gasteiger partial charge in [0.2, 0.25) is 0 Å². The third-order valence-corrected chi connectivity index (χ3v) is 2.42. The van der Waals surface area contributed by atoms with Crippen LogP contribution in [0, 0.1) is 0 Å². The Morgan fingerprint density at radius 1 is 1.21 bits per heavy atom. The van der Waals surface area contributed by atoms with Crippen LogP contribution < -0.4 is 9.47 Å². The summed E-state index contributed by atoms with van der Waals surface area (Å²) in [6, 6.07) is 5.33. The molecule has 0 atom stereocenters. The van der Waals surface area contributed by atoms with Crippen LogP contribution in [0.4, 0.5) is 0 Å². The van der Waals surface area contributed by atoms with Crippen molar-refractivity contribution in [2.24, 2.45) is 0 Å². The van der Waals surface area contributed by atoms with Gasteiger partial charge < -0.3 is 19.3 Å². The van der Waals surface area contributed by atoms with Crippen LogP contribution >= 0.6 is 8.38 Å². The van der Waals surface area contributed by atoms with E-state index in [9.17, 15) is 0 Å². The first kappa shape index (κ1) is 11.2. The van der Waals surface area contributed by atoms with E-state index in [-0.39, 0.29) is 6.16 Å². The lowest BCUT2D eigenvalue weighted by molar-refractivity contribution is 0.352. The van der Waals surface area contributed by atoms with Crippen molar-refractivity contribution in [1.82, 2.24) is 0 Å². The van der Waals surface area contributed by atoms with Gasteiger partial charge in [-0.3, -0.25) is 0 Å². The predicted octanol–water partition coefficient (Wildman–Crippen LogP) is 1.50. The average molecular weight is 216 g/mol. The van der Waals surface area contributed by atoms with E-state index in [2.05, 4.69) is 0 Å². The molecule has 1 aromatic rings. The zero-order valence-corrected chi connectivity index (χ0v) is 8.99. The quantitative estimate of drug-likeness (QED) is 0.749. The van der Waals surface area contributed by atoms with Crippen LogP contribution in [0.25, 0.3) is 0 Å². The molecule has 1 aromatic carbocycles. The van der Waals surface area contributed by atoms with E-state index in [0.29, 0.717) is 11.5 Å². The van der Waals surface area contributed by atoms with Gasteiger partial charge in [0, 0.05) is 11.7 Å². The Bertz CT molecular complexity index is 301. The van der Waals surface area contributed by atoms with Crippen molar-refractivity contribution in [3.63, 3.8) is 0 Å². The highest BCUT2D eigenvalue weighted by molar-refractivity contribution is 7.44. The molecule has 0 spiro atoms. The van der Waals surface area contributed by atoms with Crippen LogP contribution in [0.15, 0.2) is 18.2 Å². The van der Waals surface area contributed by atoms with Gasteiger partial charge in [-0.05, 0) is 6.07 Å². The molecule has 78 valence electrons. The van der Waals surface area contributed by atoms with Gasteiger partial charge >= 0.3 is 0 Å². The van der Waals surface area contributed by atoms with Crippen LogP contribution in [0.3, 0.4) is 0 Å². The lowest BCUT2D eigenvalue weighted by Gasteiger charge is -2.12. The highest BCUT2D eigenvalue weighted by atomic mass is 31.2. The van der Waals surface area contributed by atoms with Crippen molar-refractivity contribution in [3.8, 4) is 11.5 Å². The summed E-state index contributed by atoms with van der Waals surface area (Å²) in [4.78, 5) is 17.8. The van der Waals surface area contributed by atoms with Gasteiger partial charge in [-0.15, -0.1) is 0 Å². The molecule has 0 aliphatic heterocycles. The van der Waals surface area contributed by atoms with Crippen LogP contribution in [-0.4, -0.2) is 24.0 Å². The number of hydrogen-bond donors (Lipinski definition) is 2. The summed E-state index contributed by atoms with van der Waals surface area (Å²) in [5.41, 5.74) is 0.739. The second-order valence-electron chi connectivity index (χ2n) is 2.68. The maximum absolute atomic E-state index is 8.91. The van der Waals surface area contributed by atoms with Crippen molar-refractivity contribution in [3.05, 3.63) is 23.8 Å². The minimum atomic E-state index is -1.95. The van der Waals surface area contributed by atoms with E-state index >= 15 is 0 Å². The zero-order valence-electron chi connectivity index (χ0n) is 8.10. The molecule has 0 bridgehead atoms. The van der Waals surface area contributed by atoms with E-state index in [0.717, 1.165) is 5.56 Å². The summed E-state index contributed by atoms with van der Waals surface area (Å²) in [6.45, 7) is 0. The molecule has 0 fully saturated rings. The molecule has 14 heavy (non-hydrogen) atoms. The molecule has 0 saturated heterocycles. The topological polar surface area (TPSA) is 58.9 Å². The van der Waals surface area contributed by atoms with Crippen LogP contribution in [0.5, 0.6) is 11.5 Å². The largest absolute Gasteiger partial charge is 0.493 e. The first-order valence-corrected chi connectivity index (χ1v) is 5.47. The molecule has 0 unspecified atom stereocenters. The smallest absolute Gasteiger partial charge is 0.169 e. The SMILES string of the molecule is COc1cccc(CP(O)O)c1OC. The molecular formula is C9H13O4P. The van der Waals surface area contributed by atoms with E-state index in [1.807, 2.05) is 0 Å². The minimum Gasteiger partial charge on any atom is -0.493 e. The molecule has 4 nitrogen and oxygen atoms in total. The number of methoxy groups -OCH3 is 2. The number of ether oxygens (including phenoxy) is 2. The number of para-hydroxylation sites is 1. The highest BCUT2D eigenvalue weighted by Crippen LogP contribution is 2.38. The Morgan fingerprint density at radius 2 is 1.93 bits per heavy atom. The summed E-state index contributed by atoms with van der Waals surface area (Å²) in [5.74, 6) is 1.16. The monoisotopic (exact) mass is 216 g/mol. The van der Waals surface area contributed by atoms with Gasteiger partial charge in [-0.25, -0.2) is 0 Å². The van der Waals surface area contributed by atoms with Gasteiger partial charge in [0.1, 0.15) is 0 Å². The standard InChI is InChI=1S/C9H13O4P/c1-12-8-5-3-4-7(6-14(10)11)9(8)13-2/h3-5,10-11H,6H2,1-2H3. The molecule has 0 radical (unpaired) electrons. The third kappa shape index (κ3) is 2.58. The van der Waals surface area contributed by atoms with Crippen molar-refractivity contribution < 1.29 is 19.3 Å². The van der Waals surface area contributed by atoms with Crippen LogP contribution in [0.1, 0.15) is 5.56 Å². The molecule has 2 N–H and O–H groups in total. The van der Waals surface area contributed by atoms with E-state index in [1.54, 1.807) is 25.3 Å². The molecule has 0 heterocycles. The lowest BCUT2D eigenvalue weighted by Crippen LogP contribution is -1.95. The fourth-order valence-electron chi connectivity index (χ4n) is 1.23. The maximum atomic E-state index is 8.91. The Kier molecular flexibility index (Phi) is 4.14. The molecule has 5 heteroatoms. The summed E-state index contributed by atoms with van der Waals surface area (Å²) < 4.78 is 10.2. The number of hydrogen-bond acceptors (Lipinski definition) is 4. The molecule has 0 amide bonds. The van der Waals surface area contributed by atoms with E-state index in [4.69, 9.17) is 19.3 Å². The molecule has 0 aliphatic carbocycles. The van der Waals surface area contributed by atoms with Crippen molar-refractivity contribution in [2.45, 2.75) is 6.16 Å². The summed E-state index contributed by atoms with van der Waals surface area (Å²) >= 11 is 0. The second-order valence-corrected chi connectivity index (χ2v) is 3.74. The van der Waals surface area contributed by atoms with Gasteiger partial charge in [0.05, 0.1) is 14.2 Å². The Hall–Kier alpha value is -0.830. The third-order valence-electron chi connectivity index (χ3n) is 1.80. The van der Waals surface area contributed by atoms with Crippen LogP contribution in [0.2, 0.25) is 0 Å². The van der Waals surface area contributed by atoms with Gasteiger partial charge in [0.25, 0.3) is 0 Å². The van der Waals surface area contributed by atoms with E-state index < -0.39 is 8.38 Å². The first-order chi connectivity index (χ1) is 6.69. The average Bonchev–Trinajstić information content (AvgIpc) is 2.16. The lowest BCUT2D eigenvalue weighted by atomic mass is 10.2. The Morgan fingerprint density at radius 3 is 2.43 bits per heavy atom. The highest BCUT2D eigenvalue weighted by Gasteiger charge is 2.11. The fraction of sp³-hybridized carbons (Fsp3) is 0.333. The summed E-state index contributed by atoms with van der Waals surface area (Å²) in [6.07, 6.45) is 0.190. The molecule has 0 aromatic heterocycles. The Balaban J connectivity index is 3.02. The predicted molar refractivity (Wildman–Crippen MR) is 54.6 cm³/mol. The fourth-order valence-corrected chi connectivity index (χ4v) is 1.78. The van der Waals surface area contributed by atoms with Gasteiger partial charge in [-0.2, -0.15) is 0 Å². The molecule has 0 saturated carbocycles. The van der Waals surface area contributed by atoms with E-state index in [1.165, 1.54) is 7.11 Å². The normalized spacial score (nSPS) is 10.4. The second kappa shape index (κ2) is 5.15. The van der Waals surface area contributed by atoms with Gasteiger partial charge in [0.15, 0.2) is 19.9 Å². The van der Waals surface area contributed by atoms with Crippen molar-refractivity contribution >= 4 is 8.38 Å². The molecular weight excluding hydrogens is 203 g/mol. The molecule has 1 rings (SSSR count). The van der Waals surface area contributed by atoms with Crippen molar-refractivity contribution in [2.75, 3.05) is 14.2 Å². The molecule has 0 aliphatic rings. The van der Waals surface area contributed by atoms with Crippen molar-refractivity contribution in [1.29, 1.82) is 0 Å². The number of benzene rings is 1. The van der Waals surface area contributed by atoms with Crippen LogP contribution in [-0.2, 0) is 6.16 Å². The van der Waals surface area contributed by atoms with Gasteiger partial charge in [-0.1, -0.05) is 12.1 Å². The summed E-state index contributed by atoms with van der Waals surface area (Å²) in [5, 5.41) is 0.